The van der Waals surface area contributed by atoms with Crippen LogP contribution in [0.25, 0.3) is 0 Å². The molecule has 16 heavy (non-hydrogen) atoms. The van der Waals surface area contributed by atoms with Crippen molar-refractivity contribution < 1.29 is 4.74 Å². The Kier molecular flexibility index (Phi) is 2.93. The zero-order valence-corrected chi connectivity index (χ0v) is 8.63. The van der Waals surface area contributed by atoms with Gasteiger partial charge in [-0.25, -0.2) is 11.3 Å². The van der Waals surface area contributed by atoms with E-state index >= 15 is 0 Å². The number of hydrazine groups is 2. The third-order valence-corrected chi connectivity index (χ3v) is 1.96. The minimum atomic E-state index is 0.296. The summed E-state index contributed by atoms with van der Waals surface area (Å²) in [5.41, 5.74) is 9.28. The molecule has 2 rings (SSSR count). The summed E-state index contributed by atoms with van der Waals surface area (Å²) in [4.78, 5) is 0. The Morgan fingerprint density at radius 3 is 2.75 bits per heavy atom. The van der Waals surface area contributed by atoms with E-state index in [1.54, 1.807) is 6.08 Å². The molecule has 0 saturated heterocycles. The molecule has 84 valence electrons. The molecule has 0 unspecified atom stereocenters. The number of amidine groups is 1. The van der Waals surface area contributed by atoms with E-state index in [0.29, 0.717) is 18.3 Å². The lowest BCUT2D eigenvalue weighted by Crippen LogP contribution is -2.44. The van der Waals surface area contributed by atoms with Gasteiger partial charge in [-0.3, -0.25) is 0 Å². The Morgan fingerprint density at radius 1 is 1.31 bits per heavy atom. The lowest BCUT2D eigenvalue weighted by molar-refractivity contribution is 0.104. The normalized spacial score (nSPS) is 14.9. The van der Waals surface area contributed by atoms with Crippen LogP contribution in [0, 0.1) is 0 Å². The highest BCUT2D eigenvalue weighted by Gasteiger charge is 2.08. The van der Waals surface area contributed by atoms with E-state index in [1.807, 2.05) is 30.3 Å². The average molecular weight is 219 g/mol. The van der Waals surface area contributed by atoms with Crippen molar-refractivity contribution in [1.82, 2.24) is 10.7 Å². The predicted octanol–water partition coefficient (Wildman–Crippen LogP) is 0.0107. The lowest BCUT2D eigenvalue weighted by Gasteiger charge is -2.21. The number of nitrogens with one attached hydrogen (secondary N) is 1. The molecule has 0 radical (unpaired) electrons. The highest BCUT2D eigenvalue weighted by Crippen LogP contribution is 2.05. The topological polar surface area (TPSA) is 88.9 Å². The van der Waals surface area contributed by atoms with E-state index in [-0.39, 0.29) is 0 Å². The van der Waals surface area contributed by atoms with E-state index < -0.39 is 0 Å². The van der Waals surface area contributed by atoms with Gasteiger partial charge in [0, 0.05) is 6.08 Å². The first-order chi connectivity index (χ1) is 7.74. The van der Waals surface area contributed by atoms with Crippen molar-refractivity contribution in [3.8, 4) is 0 Å². The summed E-state index contributed by atoms with van der Waals surface area (Å²) in [5, 5.41) is 4.74. The van der Waals surface area contributed by atoms with Gasteiger partial charge in [-0.2, -0.15) is 0 Å². The maximum Gasteiger partial charge on any atom is 0.212 e. The second-order valence-corrected chi connectivity index (χ2v) is 3.26. The number of nitrogens with two attached hydrogens (primary N) is 2. The van der Waals surface area contributed by atoms with Crippen LogP contribution in [0.4, 0.5) is 0 Å². The quantitative estimate of drug-likeness (QED) is 0.623. The molecule has 6 heteroatoms. The highest BCUT2D eigenvalue weighted by molar-refractivity contribution is 5.91. The zero-order valence-electron chi connectivity index (χ0n) is 8.63. The molecule has 1 heterocycles. The molecule has 0 aliphatic carbocycles. The molecule has 1 aromatic carbocycles. The van der Waals surface area contributed by atoms with Crippen LogP contribution in [0.1, 0.15) is 5.56 Å². The Morgan fingerprint density at radius 2 is 2.06 bits per heavy atom. The van der Waals surface area contributed by atoms with E-state index in [1.165, 1.54) is 0 Å². The predicted molar refractivity (Wildman–Crippen MR) is 60.1 cm³/mol. The van der Waals surface area contributed by atoms with Crippen LogP contribution in [0.5, 0.6) is 0 Å². The van der Waals surface area contributed by atoms with Crippen molar-refractivity contribution in [3.63, 3.8) is 0 Å². The third-order valence-electron chi connectivity index (χ3n) is 1.96. The van der Waals surface area contributed by atoms with Crippen LogP contribution in [0.2, 0.25) is 0 Å². The van der Waals surface area contributed by atoms with Crippen LogP contribution in [0.15, 0.2) is 47.4 Å². The van der Waals surface area contributed by atoms with Gasteiger partial charge < -0.3 is 10.5 Å². The molecule has 1 aromatic rings. The highest BCUT2D eigenvalue weighted by atomic mass is 16.5. The molecule has 0 spiro atoms. The van der Waals surface area contributed by atoms with Gasteiger partial charge in [0.25, 0.3) is 0 Å². The molecule has 1 aliphatic heterocycles. The Bertz CT molecular complexity index is 414. The van der Waals surface area contributed by atoms with Crippen LogP contribution in [0.3, 0.4) is 0 Å². The number of ether oxygens (including phenoxy) is 1. The number of hydrazone groups is 1. The van der Waals surface area contributed by atoms with Gasteiger partial charge in [0.2, 0.25) is 5.88 Å². The van der Waals surface area contributed by atoms with Crippen molar-refractivity contribution in [2.24, 2.45) is 16.7 Å². The first-order valence-corrected chi connectivity index (χ1v) is 4.78. The average Bonchev–Trinajstić information content (AvgIpc) is 2.27. The second kappa shape index (κ2) is 4.54. The van der Waals surface area contributed by atoms with Crippen LogP contribution >= 0.6 is 0 Å². The summed E-state index contributed by atoms with van der Waals surface area (Å²) >= 11 is 0. The summed E-state index contributed by atoms with van der Waals surface area (Å²) in [6, 6.07) is 9.80. The third kappa shape index (κ3) is 2.64. The number of benzene rings is 1. The first kappa shape index (κ1) is 10.3. The molecule has 0 bridgehead atoms. The number of hydrogen-bond donors (Lipinski definition) is 3. The van der Waals surface area contributed by atoms with E-state index in [0.717, 1.165) is 10.8 Å². The van der Waals surface area contributed by atoms with Crippen LogP contribution in [-0.2, 0) is 11.3 Å². The molecule has 0 atom stereocenters. The Labute approximate surface area is 93.1 Å². The summed E-state index contributed by atoms with van der Waals surface area (Å²) in [6.07, 6.45) is 1.58. The fraction of sp³-hybridized carbons (Fsp3) is 0.100. The zero-order chi connectivity index (χ0) is 11.4. The molecule has 0 fully saturated rings. The standard InChI is InChI=1S/C10H13N5O/c11-9-6-10(14-15(12)13-9)16-7-8-4-2-1-3-5-8/h1-6,14H,7,12H2,(H2,11,13). The van der Waals surface area contributed by atoms with Crippen molar-refractivity contribution >= 4 is 5.84 Å². The molecule has 0 saturated carbocycles. The Balaban J connectivity index is 1.94. The molecule has 1 aliphatic rings. The van der Waals surface area contributed by atoms with E-state index in [4.69, 9.17) is 16.3 Å². The fourth-order valence-corrected chi connectivity index (χ4v) is 1.27. The summed E-state index contributed by atoms with van der Waals surface area (Å²) in [6.45, 7) is 0.445. The molecule has 6 nitrogen and oxygen atoms in total. The van der Waals surface area contributed by atoms with Gasteiger partial charge in [-0.1, -0.05) is 30.3 Å². The first-order valence-electron chi connectivity index (χ1n) is 4.78. The van der Waals surface area contributed by atoms with Crippen LogP contribution in [-0.4, -0.2) is 11.1 Å². The summed E-state index contributed by atoms with van der Waals surface area (Å²) in [7, 11) is 0. The molecular formula is C10H13N5O. The SMILES string of the molecule is NC1=NN(N)NC(OCc2ccccc2)=C1. The number of rotatable bonds is 3. The van der Waals surface area contributed by atoms with Crippen molar-refractivity contribution in [2.45, 2.75) is 6.61 Å². The van der Waals surface area contributed by atoms with Gasteiger partial charge in [-0.15, -0.1) is 10.3 Å². The van der Waals surface area contributed by atoms with Crippen molar-refractivity contribution in [2.75, 3.05) is 0 Å². The van der Waals surface area contributed by atoms with E-state index in [2.05, 4.69) is 10.5 Å². The minimum Gasteiger partial charge on any atom is -0.473 e. The largest absolute Gasteiger partial charge is 0.473 e. The van der Waals surface area contributed by atoms with Gasteiger partial charge in [0.05, 0.1) is 0 Å². The van der Waals surface area contributed by atoms with Crippen molar-refractivity contribution in [3.05, 3.63) is 47.9 Å². The molecule has 0 aromatic heterocycles. The lowest BCUT2D eigenvalue weighted by atomic mass is 10.2. The number of nitrogens with zero attached hydrogens (tertiary/aromatic N) is 2. The van der Waals surface area contributed by atoms with E-state index in [9.17, 15) is 0 Å². The monoisotopic (exact) mass is 219 g/mol. The Hall–Kier alpha value is -2.21. The van der Waals surface area contributed by atoms with Gasteiger partial charge in [0.15, 0.2) is 5.84 Å². The number of hydrogen-bond acceptors (Lipinski definition) is 6. The smallest absolute Gasteiger partial charge is 0.212 e. The summed E-state index contributed by atoms with van der Waals surface area (Å²) in [5.74, 6) is 6.19. The molecular weight excluding hydrogens is 206 g/mol. The van der Waals surface area contributed by atoms with Crippen molar-refractivity contribution in [1.29, 1.82) is 0 Å². The van der Waals surface area contributed by atoms with Gasteiger partial charge in [-0.05, 0) is 5.56 Å². The maximum absolute atomic E-state index is 5.52. The molecule has 5 N–H and O–H groups in total. The van der Waals surface area contributed by atoms with Gasteiger partial charge in [0.1, 0.15) is 6.61 Å². The molecule has 0 amide bonds. The van der Waals surface area contributed by atoms with Gasteiger partial charge >= 0.3 is 0 Å². The minimum absolute atomic E-state index is 0.296. The maximum atomic E-state index is 5.52. The second-order valence-electron chi connectivity index (χ2n) is 3.26. The summed E-state index contributed by atoms with van der Waals surface area (Å²) < 4.78 is 5.48. The fourth-order valence-electron chi connectivity index (χ4n) is 1.27. The van der Waals surface area contributed by atoms with Crippen LogP contribution < -0.4 is 17.0 Å².